The van der Waals surface area contributed by atoms with Crippen LogP contribution in [0.3, 0.4) is 0 Å². The monoisotopic (exact) mass is 391 g/mol. The summed E-state index contributed by atoms with van der Waals surface area (Å²) in [6, 6.07) is 9.61. The molecule has 0 saturated heterocycles. The van der Waals surface area contributed by atoms with Gasteiger partial charge in [0.15, 0.2) is 4.90 Å². The van der Waals surface area contributed by atoms with E-state index in [0.29, 0.717) is 0 Å². The molecule has 1 saturated carbocycles. The van der Waals surface area contributed by atoms with Crippen molar-refractivity contribution in [3.63, 3.8) is 0 Å². The van der Waals surface area contributed by atoms with Gasteiger partial charge in [-0.1, -0.05) is 12.1 Å². The summed E-state index contributed by atoms with van der Waals surface area (Å²) in [7, 11) is -2.99. The second kappa shape index (κ2) is 7.23. The highest BCUT2D eigenvalue weighted by molar-refractivity contribution is 7.92. The zero-order chi connectivity index (χ0) is 19.6. The molecular weight excluding hydrogens is 374 g/mol. The molecule has 0 heterocycles. The van der Waals surface area contributed by atoms with E-state index >= 15 is 0 Å². The highest BCUT2D eigenvalue weighted by atomic mass is 32.2. The van der Waals surface area contributed by atoms with Crippen LogP contribution in [0, 0.1) is 10.1 Å². The summed E-state index contributed by atoms with van der Waals surface area (Å²) in [5.74, 6) is -0.245. The third-order valence-corrected chi connectivity index (χ3v) is 5.39. The van der Waals surface area contributed by atoms with E-state index in [0.717, 1.165) is 25.0 Å². The molecule has 1 amide bonds. The summed E-state index contributed by atoms with van der Waals surface area (Å²) in [6.45, 7) is 0. The summed E-state index contributed by atoms with van der Waals surface area (Å²) in [5, 5.41) is 14.1. The molecule has 2 aromatic carbocycles. The number of nitrogens with one attached hydrogen (secondary N) is 2. The van der Waals surface area contributed by atoms with Crippen molar-refractivity contribution in [2.45, 2.75) is 23.8 Å². The number of anilines is 1. The van der Waals surface area contributed by atoms with Crippen LogP contribution in [0.4, 0.5) is 11.4 Å². The third kappa shape index (κ3) is 4.17. The molecule has 0 atom stereocenters. The molecule has 3 rings (SSSR count). The number of rotatable bonds is 7. The molecule has 2 aromatic rings. The van der Waals surface area contributed by atoms with Crippen molar-refractivity contribution in [1.82, 2.24) is 5.32 Å². The Balaban J connectivity index is 1.96. The van der Waals surface area contributed by atoms with Crippen molar-refractivity contribution in [2.75, 3.05) is 11.8 Å². The van der Waals surface area contributed by atoms with Crippen molar-refractivity contribution >= 4 is 27.3 Å². The first-order valence-corrected chi connectivity index (χ1v) is 9.55. The highest BCUT2D eigenvalue weighted by Gasteiger charge is 2.29. The molecule has 0 bridgehead atoms. The van der Waals surface area contributed by atoms with Gasteiger partial charge in [-0.05, 0) is 37.1 Å². The summed E-state index contributed by atoms with van der Waals surface area (Å²) in [6.07, 6.45) is 1.77. The Morgan fingerprint density at radius 3 is 2.56 bits per heavy atom. The maximum Gasteiger partial charge on any atom is 0.293 e. The minimum Gasteiger partial charge on any atom is -0.497 e. The predicted octanol–water partition coefficient (Wildman–Crippen LogP) is 2.30. The minimum atomic E-state index is -4.31. The number of nitro groups is 1. The van der Waals surface area contributed by atoms with E-state index in [1.54, 1.807) is 12.1 Å². The number of sulfonamides is 1. The molecule has 0 radical (unpaired) electrons. The fraction of sp³-hybridized carbons (Fsp3) is 0.235. The number of ether oxygens (including phenoxy) is 1. The number of carbonyl (C=O) groups is 1. The van der Waals surface area contributed by atoms with Gasteiger partial charge in [0.25, 0.3) is 21.6 Å². The van der Waals surface area contributed by atoms with Crippen LogP contribution in [-0.4, -0.2) is 32.4 Å². The number of para-hydroxylation sites is 1. The van der Waals surface area contributed by atoms with Gasteiger partial charge in [0.05, 0.1) is 29.4 Å². The van der Waals surface area contributed by atoms with Crippen LogP contribution in [0.1, 0.15) is 23.2 Å². The third-order valence-electron chi connectivity index (χ3n) is 3.98. The molecular formula is C17H17N3O6S. The second-order valence-electron chi connectivity index (χ2n) is 5.99. The van der Waals surface area contributed by atoms with Crippen LogP contribution < -0.4 is 14.8 Å². The maximum atomic E-state index is 12.7. The van der Waals surface area contributed by atoms with Crippen LogP contribution >= 0.6 is 0 Å². The quantitative estimate of drug-likeness (QED) is 0.551. The Morgan fingerprint density at radius 1 is 1.22 bits per heavy atom. The number of nitro benzene ring substituents is 1. The van der Waals surface area contributed by atoms with Gasteiger partial charge in [-0.25, -0.2) is 8.42 Å². The standard InChI is InChI=1S/C17H17N3O6S/c1-26-12-8-9-16(15(10-12)20(22)23)27(24,25)19-14-5-3-2-4-13(14)17(21)18-11-6-7-11/h2-5,8-11,19H,6-7H2,1H3,(H,18,21). The Bertz CT molecular complexity index is 1000. The molecule has 1 aliphatic rings. The number of amides is 1. The lowest BCUT2D eigenvalue weighted by Gasteiger charge is -2.13. The van der Waals surface area contributed by atoms with Crippen LogP contribution in [-0.2, 0) is 10.0 Å². The molecule has 0 aromatic heterocycles. The molecule has 9 nitrogen and oxygen atoms in total. The van der Waals surface area contributed by atoms with Crippen molar-refractivity contribution in [3.05, 3.63) is 58.1 Å². The van der Waals surface area contributed by atoms with Crippen molar-refractivity contribution in [2.24, 2.45) is 0 Å². The Labute approximate surface area is 155 Å². The normalized spacial score (nSPS) is 13.7. The van der Waals surface area contributed by atoms with Gasteiger partial charge in [-0.2, -0.15) is 0 Å². The molecule has 2 N–H and O–H groups in total. The first-order valence-electron chi connectivity index (χ1n) is 8.07. The molecule has 142 valence electrons. The number of hydrogen-bond donors (Lipinski definition) is 2. The number of nitrogens with zero attached hydrogens (tertiary/aromatic N) is 1. The van der Waals surface area contributed by atoms with Crippen LogP contribution in [0.25, 0.3) is 0 Å². The molecule has 10 heteroatoms. The highest BCUT2D eigenvalue weighted by Crippen LogP contribution is 2.30. The molecule has 27 heavy (non-hydrogen) atoms. The summed E-state index contributed by atoms with van der Waals surface area (Å²) in [4.78, 5) is 22.3. The Hall–Kier alpha value is -3.14. The fourth-order valence-corrected chi connectivity index (χ4v) is 3.69. The van der Waals surface area contributed by atoms with E-state index in [2.05, 4.69) is 10.0 Å². The van der Waals surface area contributed by atoms with Gasteiger partial charge in [0.1, 0.15) is 5.75 Å². The molecule has 0 aliphatic heterocycles. The average molecular weight is 391 g/mol. The number of hydrogen-bond acceptors (Lipinski definition) is 6. The number of carbonyl (C=O) groups excluding carboxylic acids is 1. The van der Waals surface area contributed by atoms with Crippen molar-refractivity contribution in [3.8, 4) is 5.75 Å². The van der Waals surface area contributed by atoms with E-state index in [4.69, 9.17) is 4.74 Å². The van der Waals surface area contributed by atoms with Crippen LogP contribution in [0.2, 0.25) is 0 Å². The van der Waals surface area contributed by atoms with Gasteiger partial charge in [0.2, 0.25) is 0 Å². The van der Waals surface area contributed by atoms with E-state index < -0.39 is 31.4 Å². The zero-order valence-electron chi connectivity index (χ0n) is 14.3. The average Bonchev–Trinajstić information content (AvgIpc) is 3.45. The van der Waals surface area contributed by atoms with Gasteiger partial charge in [-0.15, -0.1) is 0 Å². The molecule has 1 aliphatic carbocycles. The van der Waals surface area contributed by atoms with E-state index in [1.807, 2.05) is 0 Å². The summed E-state index contributed by atoms with van der Waals surface area (Å²) < 4.78 is 32.7. The minimum absolute atomic E-state index is 0.0424. The molecule has 0 unspecified atom stereocenters. The smallest absolute Gasteiger partial charge is 0.293 e. The Kier molecular flexibility index (Phi) is 5.00. The lowest BCUT2D eigenvalue weighted by molar-refractivity contribution is -0.387. The first-order chi connectivity index (χ1) is 12.8. The second-order valence-corrected chi connectivity index (χ2v) is 7.64. The summed E-state index contributed by atoms with van der Waals surface area (Å²) >= 11 is 0. The zero-order valence-corrected chi connectivity index (χ0v) is 15.2. The van der Waals surface area contributed by atoms with Gasteiger partial charge >= 0.3 is 0 Å². The molecule has 0 spiro atoms. The first kappa shape index (κ1) is 18.6. The van der Waals surface area contributed by atoms with Gasteiger partial charge < -0.3 is 10.1 Å². The van der Waals surface area contributed by atoms with E-state index in [9.17, 15) is 23.3 Å². The van der Waals surface area contributed by atoms with Crippen molar-refractivity contribution in [1.29, 1.82) is 0 Å². The topological polar surface area (TPSA) is 128 Å². The fourth-order valence-electron chi connectivity index (χ4n) is 2.45. The van der Waals surface area contributed by atoms with Crippen LogP contribution in [0.5, 0.6) is 5.75 Å². The van der Waals surface area contributed by atoms with Crippen molar-refractivity contribution < 1.29 is 22.9 Å². The van der Waals surface area contributed by atoms with Gasteiger partial charge in [-0.3, -0.25) is 19.6 Å². The maximum absolute atomic E-state index is 12.7. The SMILES string of the molecule is COc1ccc(S(=O)(=O)Nc2ccccc2C(=O)NC2CC2)c([N+](=O)[O-])c1. The lowest BCUT2D eigenvalue weighted by atomic mass is 10.1. The van der Waals surface area contributed by atoms with E-state index in [-0.39, 0.29) is 23.0 Å². The number of methoxy groups -OCH3 is 1. The predicted molar refractivity (Wildman–Crippen MR) is 97.4 cm³/mol. The lowest BCUT2D eigenvalue weighted by Crippen LogP contribution is -2.27. The Morgan fingerprint density at radius 2 is 1.93 bits per heavy atom. The number of benzene rings is 2. The van der Waals surface area contributed by atoms with E-state index in [1.165, 1.54) is 25.3 Å². The van der Waals surface area contributed by atoms with Gasteiger partial charge in [0, 0.05) is 6.04 Å². The summed E-state index contributed by atoms with van der Waals surface area (Å²) in [5.41, 5.74) is -0.438. The molecule has 1 fully saturated rings. The largest absolute Gasteiger partial charge is 0.497 e. The van der Waals surface area contributed by atoms with Crippen LogP contribution in [0.15, 0.2) is 47.4 Å².